The van der Waals surface area contributed by atoms with Crippen LogP contribution in [0.25, 0.3) is 0 Å². The summed E-state index contributed by atoms with van der Waals surface area (Å²) in [5, 5.41) is 3.03. The van der Waals surface area contributed by atoms with Crippen molar-refractivity contribution in [3.05, 3.63) is 0 Å². The summed E-state index contributed by atoms with van der Waals surface area (Å²) in [5.74, 6) is 0.909. The van der Waals surface area contributed by atoms with Crippen LogP contribution >= 0.6 is 0 Å². The second-order valence-electron chi connectivity index (χ2n) is 4.38. The van der Waals surface area contributed by atoms with Gasteiger partial charge in [-0.15, -0.1) is 0 Å². The molecule has 4 heteroatoms. The fourth-order valence-corrected chi connectivity index (χ4v) is 2.84. The van der Waals surface area contributed by atoms with Crippen molar-refractivity contribution >= 4 is 9.84 Å². The molecule has 1 aliphatic rings. The van der Waals surface area contributed by atoms with Crippen LogP contribution in [0.3, 0.4) is 0 Å². The van der Waals surface area contributed by atoms with Crippen LogP contribution in [0.5, 0.6) is 0 Å². The predicted octanol–water partition coefficient (Wildman–Crippen LogP) is 1.20. The van der Waals surface area contributed by atoms with Crippen LogP contribution in [0.4, 0.5) is 0 Å². The minimum absolute atomic E-state index is 0.187. The molecular weight excluding hydrogens is 198 g/mol. The number of rotatable bonds is 6. The van der Waals surface area contributed by atoms with E-state index in [1.54, 1.807) is 13.8 Å². The van der Waals surface area contributed by atoms with E-state index >= 15 is 0 Å². The summed E-state index contributed by atoms with van der Waals surface area (Å²) in [6.45, 7) is 6.39. The molecule has 1 rings (SSSR count). The highest BCUT2D eigenvalue weighted by Gasteiger charge is 2.34. The number of hydrogen-bond acceptors (Lipinski definition) is 3. The SMILES string of the molecule is CCNC(CS(=O)(=O)C(C)C)C1CC1. The number of hydrogen-bond donors (Lipinski definition) is 1. The summed E-state index contributed by atoms with van der Waals surface area (Å²) in [7, 11) is -2.89. The molecule has 0 radical (unpaired) electrons. The molecule has 1 fully saturated rings. The van der Waals surface area contributed by atoms with Gasteiger partial charge in [0.15, 0.2) is 9.84 Å². The first kappa shape index (κ1) is 12.0. The van der Waals surface area contributed by atoms with Crippen molar-refractivity contribution in [3.8, 4) is 0 Å². The molecule has 1 aliphatic carbocycles. The van der Waals surface area contributed by atoms with Gasteiger partial charge in [-0.2, -0.15) is 0 Å². The van der Waals surface area contributed by atoms with E-state index in [9.17, 15) is 8.42 Å². The molecule has 0 aromatic carbocycles. The van der Waals surface area contributed by atoms with E-state index in [2.05, 4.69) is 5.32 Å². The van der Waals surface area contributed by atoms with Crippen molar-refractivity contribution in [1.82, 2.24) is 5.32 Å². The highest BCUT2D eigenvalue weighted by Crippen LogP contribution is 2.33. The van der Waals surface area contributed by atoms with Crippen LogP contribution in [0, 0.1) is 5.92 Å². The fraction of sp³-hybridized carbons (Fsp3) is 1.00. The molecule has 0 aromatic heterocycles. The smallest absolute Gasteiger partial charge is 0.154 e. The Hall–Kier alpha value is -0.0900. The largest absolute Gasteiger partial charge is 0.313 e. The number of sulfone groups is 1. The Balaban J connectivity index is 2.54. The predicted molar refractivity (Wildman–Crippen MR) is 59.1 cm³/mol. The molecule has 14 heavy (non-hydrogen) atoms. The van der Waals surface area contributed by atoms with Crippen molar-refractivity contribution in [3.63, 3.8) is 0 Å². The molecule has 1 atom stereocenters. The van der Waals surface area contributed by atoms with Gasteiger partial charge < -0.3 is 5.32 Å². The Morgan fingerprint density at radius 2 is 1.93 bits per heavy atom. The van der Waals surface area contributed by atoms with Crippen LogP contribution in [-0.2, 0) is 9.84 Å². The molecule has 1 N–H and O–H groups in total. The minimum atomic E-state index is -2.89. The molecular formula is C10H21NO2S. The van der Waals surface area contributed by atoms with Gasteiger partial charge in [-0.1, -0.05) is 6.92 Å². The number of nitrogens with one attached hydrogen (secondary N) is 1. The lowest BCUT2D eigenvalue weighted by Crippen LogP contribution is -2.39. The van der Waals surface area contributed by atoms with Gasteiger partial charge in [0.05, 0.1) is 11.0 Å². The maximum absolute atomic E-state index is 11.7. The quantitative estimate of drug-likeness (QED) is 0.730. The fourth-order valence-electron chi connectivity index (χ4n) is 1.57. The summed E-state index contributed by atoms with van der Waals surface area (Å²) >= 11 is 0. The summed E-state index contributed by atoms with van der Waals surface area (Å²) in [5.41, 5.74) is 0. The third kappa shape index (κ3) is 3.24. The van der Waals surface area contributed by atoms with Gasteiger partial charge in [0.25, 0.3) is 0 Å². The van der Waals surface area contributed by atoms with E-state index < -0.39 is 9.84 Å². The summed E-state index contributed by atoms with van der Waals surface area (Å²) in [6, 6.07) is 0.187. The van der Waals surface area contributed by atoms with Gasteiger partial charge in [-0.05, 0) is 39.2 Å². The first-order valence-electron chi connectivity index (χ1n) is 5.42. The lowest BCUT2D eigenvalue weighted by molar-refractivity contribution is 0.499. The van der Waals surface area contributed by atoms with Crippen LogP contribution in [0.1, 0.15) is 33.6 Å². The van der Waals surface area contributed by atoms with Gasteiger partial charge in [0.1, 0.15) is 0 Å². The third-order valence-electron chi connectivity index (χ3n) is 2.79. The van der Waals surface area contributed by atoms with Crippen molar-refractivity contribution in [2.75, 3.05) is 12.3 Å². The maximum atomic E-state index is 11.7. The van der Waals surface area contributed by atoms with Gasteiger partial charge in [-0.25, -0.2) is 8.42 Å². The molecule has 0 bridgehead atoms. The van der Waals surface area contributed by atoms with E-state index in [1.165, 1.54) is 12.8 Å². The van der Waals surface area contributed by atoms with Crippen molar-refractivity contribution < 1.29 is 8.42 Å². The Kier molecular flexibility index (Phi) is 3.95. The maximum Gasteiger partial charge on any atom is 0.154 e. The summed E-state index contributed by atoms with van der Waals surface area (Å²) in [4.78, 5) is 0. The van der Waals surface area contributed by atoms with Gasteiger partial charge in [0.2, 0.25) is 0 Å². The van der Waals surface area contributed by atoms with Crippen LogP contribution in [0.15, 0.2) is 0 Å². The van der Waals surface area contributed by atoms with Crippen molar-refractivity contribution in [2.24, 2.45) is 5.92 Å². The van der Waals surface area contributed by atoms with Gasteiger partial charge in [-0.3, -0.25) is 0 Å². The molecule has 1 unspecified atom stereocenters. The van der Waals surface area contributed by atoms with E-state index in [-0.39, 0.29) is 11.3 Å². The van der Waals surface area contributed by atoms with Gasteiger partial charge in [0, 0.05) is 6.04 Å². The third-order valence-corrected chi connectivity index (χ3v) is 5.05. The van der Waals surface area contributed by atoms with Crippen molar-refractivity contribution in [2.45, 2.75) is 44.9 Å². The Labute approximate surface area is 87.2 Å². The van der Waals surface area contributed by atoms with Crippen molar-refractivity contribution in [1.29, 1.82) is 0 Å². The Morgan fingerprint density at radius 3 is 2.29 bits per heavy atom. The van der Waals surface area contributed by atoms with E-state index in [0.717, 1.165) is 6.54 Å². The average molecular weight is 219 g/mol. The van der Waals surface area contributed by atoms with Crippen LogP contribution < -0.4 is 5.32 Å². The Bertz CT molecular complexity index is 268. The Morgan fingerprint density at radius 1 is 1.36 bits per heavy atom. The molecule has 3 nitrogen and oxygen atoms in total. The van der Waals surface area contributed by atoms with Crippen LogP contribution in [-0.4, -0.2) is 32.0 Å². The van der Waals surface area contributed by atoms with Crippen LogP contribution in [0.2, 0.25) is 0 Å². The molecule has 0 aliphatic heterocycles. The van der Waals surface area contributed by atoms with E-state index in [1.807, 2.05) is 6.92 Å². The standard InChI is InChI=1S/C10H21NO2S/c1-4-11-10(9-5-6-9)7-14(12,13)8(2)3/h8-11H,4-7H2,1-3H3. The zero-order valence-corrected chi connectivity index (χ0v) is 10.1. The molecule has 84 valence electrons. The molecule has 0 saturated heterocycles. The lowest BCUT2D eigenvalue weighted by atomic mass is 10.2. The first-order chi connectivity index (χ1) is 6.47. The topological polar surface area (TPSA) is 46.2 Å². The molecule has 0 spiro atoms. The normalized spacial score (nSPS) is 20.0. The van der Waals surface area contributed by atoms with Gasteiger partial charge >= 0.3 is 0 Å². The molecule has 1 saturated carbocycles. The molecule has 0 amide bonds. The lowest BCUT2D eigenvalue weighted by Gasteiger charge is -2.18. The summed E-state index contributed by atoms with van der Waals surface area (Å²) in [6.07, 6.45) is 2.37. The summed E-state index contributed by atoms with van der Waals surface area (Å²) < 4.78 is 23.4. The first-order valence-corrected chi connectivity index (χ1v) is 7.14. The highest BCUT2D eigenvalue weighted by molar-refractivity contribution is 7.92. The molecule has 0 heterocycles. The second-order valence-corrected chi connectivity index (χ2v) is 6.98. The van der Waals surface area contributed by atoms with E-state index in [0.29, 0.717) is 11.7 Å². The zero-order valence-electron chi connectivity index (χ0n) is 9.29. The van der Waals surface area contributed by atoms with E-state index in [4.69, 9.17) is 0 Å². The minimum Gasteiger partial charge on any atom is -0.313 e. The molecule has 0 aromatic rings. The zero-order chi connectivity index (χ0) is 10.8. The average Bonchev–Trinajstić information content (AvgIpc) is 2.85. The second kappa shape index (κ2) is 4.62. The highest BCUT2D eigenvalue weighted by atomic mass is 32.2. The monoisotopic (exact) mass is 219 g/mol.